The Morgan fingerprint density at radius 2 is 1.42 bits per heavy atom. The molecule has 4 rings (SSSR count). The zero-order valence-electron chi connectivity index (χ0n) is 12.6. The maximum Gasteiger partial charge on any atom is 0.181 e. The van der Waals surface area contributed by atoms with Crippen molar-refractivity contribution in [3.05, 3.63) is 72.9 Å². The van der Waals surface area contributed by atoms with Crippen molar-refractivity contribution in [3.63, 3.8) is 0 Å². The van der Waals surface area contributed by atoms with E-state index < -0.39 is 0 Å². The second kappa shape index (κ2) is 7.88. The van der Waals surface area contributed by atoms with Gasteiger partial charge in [0, 0.05) is 61.1 Å². The summed E-state index contributed by atoms with van der Waals surface area (Å²) >= 11 is 0. The van der Waals surface area contributed by atoms with Crippen LogP contribution in [0, 0.1) is 49.4 Å². The number of benzene rings is 1. The first-order valence-corrected chi connectivity index (χ1v) is 7.27. The van der Waals surface area contributed by atoms with Crippen LogP contribution < -0.4 is 0 Å². The first kappa shape index (κ1) is 17.1. The van der Waals surface area contributed by atoms with E-state index in [-0.39, 0.29) is 49.4 Å². The fourth-order valence-corrected chi connectivity index (χ4v) is 2.32. The summed E-state index contributed by atoms with van der Waals surface area (Å²) in [6, 6.07) is 21.4. The smallest absolute Gasteiger partial charge is 0.181 e. The molecule has 0 fully saturated rings. The molecule has 6 heteroatoms. The Labute approximate surface area is 180 Å². The standard InChI is InChI=1S/C18H13N5.Eu/c1-2-7-13(8-3-1)17-21-18(23-22-17)16-11-6-10-15(20-16)14-9-4-5-12-19-14;/h1-12H,(H,21,22,23);. The number of aromatic amines is 1. The maximum absolute atomic E-state index is 4.62. The predicted octanol–water partition coefficient (Wildman–Crippen LogP) is 3.60. The normalized spacial score (nSPS) is 10.2. The molecule has 0 aliphatic rings. The van der Waals surface area contributed by atoms with Gasteiger partial charge in [-0.2, -0.15) is 5.10 Å². The summed E-state index contributed by atoms with van der Waals surface area (Å²) in [4.78, 5) is 13.5. The van der Waals surface area contributed by atoms with Crippen LogP contribution in [0.1, 0.15) is 0 Å². The number of hydrogen-bond donors (Lipinski definition) is 1. The Bertz CT molecular complexity index is 922. The summed E-state index contributed by atoms with van der Waals surface area (Å²) in [7, 11) is 0. The van der Waals surface area contributed by atoms with Crippen molar-refractivity contribution in [3.8, 4) is 34.3 Å². The fourth-order valence-electron chi connectivity index (χ4n) is 2.32. The van der Waals surface area contributed by atoms with Gasteiger partial charge in [-0.15, -0.1) is 0 Å². The molecule has 0 saturated carbocycles. The van der Waals surface area contributed by atoms with Gasteiger partial charge in [0.05, 0.1) is 11.4 Å². The summed E-state index contributed by atoms with van der Waals surface area (Å²) in [5.41, 5.74) is 3.34. The average molecular weight is 451 g/mol. The topological polar surface area (TPSA) is 67.3 Å². The van der Waals surface area contributed by atoms with Crippen LogP contribution in [0.4, 0.5) is 0 Å². The quantitative estimate of drug-likeness (QED) is 0.517. The van der Waals surface area contributed by atoms with Crippen LogP contribution in [0.3, 0.4) is 0 Å². The number of H-pyrrole nitrogens is 1. The van der Waals surface area contributed by atoms with Crippen molar-refractivity contribution >= 4 is 0 Å². The zero-order valence-corrected chi connectivity index (χ0v) is 15.0. The minimum absolute atomic E-state index is 0. The van der Waals surface area contributed by atoms with Crippen LogP contribution in [0.25, 0.3) is 34.3 Å². The van der Waals surface area contributed by atoms with Crippen molar-refractivity contribution in [2.45, 2.75) is 0 Å². The Morgan fingerprint density at radius 1 is 0.667 bits per heavy atom. The van der Waals surface area contributed by atoms with Gasteiger partial charge < -0.3 is 0 Å². The SMILES string of the molecule is [Eu].c1ccc(-c2n[nH]c(-c3cccc(-c4ccccn4)n3)n2)cc1. The van der Waals surface area contributed by atoms with Crippen molar-refractivity contribution in [2.75, 3.05) is 0 Å². The monoisotopic (exact) mass is 452 g/mol. The van der Waals surface area contributed by atoms with Crippen LogP contribution >= 0.6 is 0 Å². The fraction of sp³-hybridized carbons (Fsp3) is 0. The van der Waals surface area contributed by atoms with Crippen molar-refractivity contribution in [1.29, 1.82) is 0 Å². The molecule has 3 heterocycles. The third-order valence-corrected chi connectivity index (χ3v) is 3.44. The first-order valence-electron chi connectivity index (χ1n) is 7.27. The van der Waals surface area contributed by atoms with E-state index in [1.165, 1.54) is 0 Å². The van der Waals surface area contributed by atoms with E-state index in [1.807, 2.05) is 66.7 Å². The summed E-state index contributed by atoms with van der Waals surface area (Å²) in [6.07, 6.45) is 1.76. The van der Waals surface area contributed by atoms with Crippen LogP contribution in [-0.4, -0.2) is 25.1 Å². The molecule has 1 aromatic carbocycles. The van der Waals surface area contributed by atoms with Gasteiger partial charge in [-0.05, 0) is 24.3 Å². The van der Waals surface area contributed by atoms with E-state index in [0.29, 0.717) is 11.6 Å². The van der Waals surface area contributed by atoms with Gasteiger partial charge >= 0.3 is 0 Å². The van der Waals surface area contributed by atoms with Crippen molar-refractivity contribution < 1.29 is 49.4 Å². The van der Waals surface area contributed by atoms with Gasteiger partial charge in [-0.25, -0.2) is 9.97 Å². The Hall–Kier alpha value is -1.76. The van der Waals surface area contributed by atoms with E-state index in [9.17, 15) is 0 Å². The molecule has 5 nitrogen and oxygen atoms in total. The summed E-state index contributed by atoms with van der Waals surface area (Å²) in [5.74, 6) is 1.30. The number of pyridine rings is 2. The van der Waals surface area contributed by atoms with Gasteiger partial charge in [-0.1, -0.05) is 42.5 Å². The van der Waals surface area contributed by atoms with E-state index in [1.54, 1.807) is 6.20 Å². The van der Waals surface area contributed by atoms with Gasteiger partial charge in [0.15, 0.2) is 11.6 Å². The molecular weight excluding hydrogens is 438 g/mol. The van der Waals surface area contributed by atoms with E-state index in [2.05, 4.69) is 25.1 Å². The number of hydrogen-bond acceptors (Lipinski definition) is 4. The maximum atomic E-state index is 4.62. The second-order valence-corrected chi connectivity index (χ2v) is 5.00. The Balaban J connectivity index is 0.00000169. The number of rotatable bonds is 3. The summed E-state index contributed by atoms with van der Waals surface area (Å²) in [5, 5.41) is 7.23. The van der Waals surface area contributed by atoms with E-state index in [0.717, 1.165) is 22.6 Å². The van der Waals surface area contributed by atoms with E-state index in [4.69, 9.17) is 0 Å². The molecule has 0 unspecified atom stereocenters. The minimum atomic E-state index is 0. The molecule has 0 aliphatic heterocycles. The molecule has 117 valence electrons. The van der Waals surface area contributed by atoms with Gasteiger partial charge in [0.25, 0.3) is 0 Å². The van der Waals surface area contributed by atoms with E-state index >= 15 is 0 Å². The Morgan fingerprint density at radius 3 is 2.21 bits per heavy atom. The van der Waals surface area contributed by atoms with Crippen molar-refractivity contribution in [2.24, 2.45) is 0 Å². The molecule has 0 aliphatic carbocycles. The summed E-state index contributed by atoms with van der Waals surface area (Å²) < 4.78 is 0. The Kier molecular flexibility index (Phi) is 5.61. The largest absolute Gasteiger partial charge is 0.257 e. The van der Waals surface area contributed by atoms with Gasteiger partial charge in [0.2, 0.25) is 0 Å². The number of aromatic nitrogens is 5. The molecule has 0 atom stereocenters. The van der Waals surface area contributed by atoms with Crippen molar-refractivity contribution in [1.82, 2.24) is 25.1 Å². The predicted molar refractivity (Wildman–Crippen MR) is 88.3 cm³/mol. The summed E-state index contributed by atoms with van der Waals surface area (Å²) in [6.45, 7) is 0. The van der Waals surface area contributed by atoms with Crippen LogP contribution in [0.5, 0.6) is 0 Å². The average Bonchev–Trinajstić information content (AvgIpc) is 3.14. The van der Waals surface area contributed by atoms with Gasteiger partial charge in [0.1, 0.15) is 5.69 Å². The third-order valence-electron chi connectivity index (χ3n) is 3.44. The molecular formula is C18H13EuN5. The van der Waals surface area contributed by atoms with Crippen LogP contribution in [0.15, 0.2) is 72.9 Å². The molecule has 1 radical (unpaired) electrons. The molecule has 4 aromatic rings. The second-order valence-electron chi connectivity index (χ2n) is 5.00. The number of nitrogens with one attached hydrogen (secondary N) is 1. The minimum Gasteiger partial charge on any atom is -0.257 e. The third kappa shape index (κ3) is 3.66. The molecule has 0 saturated heterocycles. The molecule has 1 N–H and O–H groups in total. The zero-order chi connectivity index (χ0) is 15.5. The molecule has 24 heavy (non-hydrogen) atoms. The van der Waals surface area contributed by atoms with Crippen LogP contribution in [0.2, 0.25) is 0 Å². The first-order chi connectivity index (χ1) is 11.4. The molecule has 0 amide bonds. The van der Waals surface area contributed by atoms with Gasteiger partial charge in [-0.3, -0.25) is 10.1 Å². The molecule has 0 bridgehead atoms. The number of nitrogens with zero attached hydrogens (tertiary/aromatic N) is 4. The molecule has 3 aromatic heterocycles. The molecule has 0 spiro atoms. The van der Waals surface area contributed by atoms with Crippen LogP contribution in [-0.2, 0) is 0 Å².